The number of anilines is 1. The van der Waals surface area contributed by atoms with Crippen LogP contribution in [0.5, 0.6) is 11.5 Å². The molecule has 5 rings (SSSR count). The second kappa shape index (κ2) is 15.7. The molecule has 0 atom stereocenters. The molecule has 0 fully saturated rings. The van der Waals surface area contributed by atoms with Crippen LogP contribution in [-0.4, -0.2) is 53.4 Å². The van der Waals surface area contributed by atoms with Crippen molar-refractivity contribution in [1.29, 1.82) is 0 Å². The van der Waals surface area contributed by atoms with Crippen LogP contribution in [0.2, 0.25) is 18.1 Å². The molecule has 0 saturated heterocycles. The van der Waals surface area contributed by atoms with Gasteiger partial charge in [0.05, 0.1) is 42.9 Å². The van der Waals surface area contributed by atoms with Gasteiger partial charge in [-0.3, -0.25) is 9.67 Å². The number of hydrogen-bond donors (Lipinski definition) is 0. The first-order chi connectivity index (χ1) is 23.8. The van der Waals surface area contributed by atoms with Crippen LogP contribution in [0, 0.1) is 12.9 Å². The average Bonchev–Trinajstić information content (AvgIpc) is 3.42. The van der Waals surface area contributed by atoms with Crippen molar-refractivity contribution in [3.63, 3.8) is 0 Å². The molecule has 4 aromatic heterocycles. The Morgan fingerprint density at radius 2 is 1.64 bits per heavy atom. The van der Waals surface area contributed by atoms with E-state index in [-0.39, 0.29) is 11.1 Å². The van der Waals surface area contributed by atoms with Gasteiger partial charge in [-0.05, 0) is 99.8 Å². The molecule has 1 aromatic carbocycles. The molecule has 0 unspecified atom stereocenters. The maximum absolute atomic E-state index is 15.1. The normalized spacial score (nSPS) is 12.1. The van der Waals surface area contributed by atoms with Gasteiger partial charge in [0.2, 0.25) is 5.95 Å². The highest BCUT2D eigenvalue weighted by atomic mass is 28.4. The van der Waals surface area contributed by atoms with E-state index < -0.39 is 14.3 Å². The molecule has 5 aromatic rings. The summed E-state index contributed by atoms with van der Waals surface area (Å²) in [7, 11) is -0.123. The molecule has 266 valence electrons. The van der Waals surface area contributed by atoms with Gasteiger partial charge in [-0.2, -0.15) is 9.49 Å². The van der Waals surface area contributed by atoms with Crippen molar-refractivity contribution in [3.05, 3.63) is 89.9 Å². The Hall–Kier alpha value is -4.35. The average molecular weight is 699 g/mol. The number of methoxy groups -OCH3 is 1. The van der Waals surface area contributed by atoms with Crippen LogP contribution < -0.4 is 14.4 Å². The summed E-state index contributed by atoms with van der Waals surface area (Å²) in [5, 5.41) is 5.08. The summed E-state index contributed by atoms with van der Waals surface area (Å²) in [6, 6.07) is 17.3. The van der Waals surface area contributed by atoms with Gasteiger partial charge in [0.15, 0.2) is 8.32 Å². The highest BCUT2D eigenvalue weighted by molar-refractivity contribution is 6.74. The van der Waals surface area contributed by atoms with Crippen molar-refractivity contribution in [3.8, 4) is 22.8 Å². The van der Waals surface area contributed by atoms with Crippen LogP contribution in [0.4, 0.5) is 10.1 Å². The Bertz CT molecular complexity index is 1890. The fourth-order valence-corrected chi connectivity index (χ4v) is 6.64. The van der Waals surface area contributed by atoms with Gasteiger partial charge in [-0.1, -0.05) is 32.9 Å². The van der Waals surface area contributed by atoms with Crippen molar-refractivity contribution in [2.24, 2.45) is 0 Å². The molecule has 0 aliphatic carbocycles. The van der Waals surface area contributed by atoms with E-state index in [9.17, 15) is 0 Å². The van der Waals surface area contributed by atoms with E-state index in [4.69, 9.17) is 29.0 Å². The molecule has 0 spiro atoms. The minimum atomic E-state index is -1.78. The van der Waals surface area contributed by atoms with Crippen LogP contribution in [0.3, 0.4) is 0 Å². The van der Waals surface area contributed by atoms with E-state index in [1.165, 1.54) is 6.20 Å². The lowest BCUT2D eigenvalue weighted by Gasteiger charge is -2.36. The van der Waals surface area contributed by atoms with Crippen molar-refractivity contribution in [2.75, 3.05) is 25.2 Å². The molecular formula is C39H51FN6O3Si. The number of fused-ring (bicyclic) bond motifs is 1. The summed E-state index contributed by atoms with van der Waals surface area (Å²) in [6.07, 6.45) is 5.03. The largest absolute Gasteiger partial charge is 0.497 e. The lowest BCUT2D eigenvalue weighted by atomic mass is 10.1. The molecular weight excluding hydrogens is 648 g/mol. The highest BCUT2D eigenvalue weighted by Gasteiger charge is 2.36. The molecule has 9 nitrogen and oxygen atoms in total. The summed E-state index contributed by atoms with van der Waals surface area (Å²) < 4.78 is 35.3. The molecule has 4 heterocycles. The number of unbranched alkanes of at least 4 members (excludes halogenated alkanes) is 1. The second-order valence-corrected chi connectivity index (χ2v) is 19.3. The number of hydrogen-bond acceptors (Lipinski definition) is 8. The predicted molar refractivity (Wildman–Crippen MR) is 201 cm³/mol. The molecule has 11 heteroatoms. The Morgan fingerprint density at radius 1 is 0.940 bits per heavy atom. The zero-order valence-corrected chi connectivity index (χ0v) is 32.0. The van der Waals surface area contributed by atoms with E-state index in [1.807, 2.05) is 41.9 Å². The number of aryl methyl sites for hydroxylation is 1. The number of ether oxygens (including phenoxy) is 2. The van der Waals surface area contributed by atoms with Crippen LogP contribution in [0.15, 0.2) is 67.0 Å². The van der Waals surface area contributed by atoms with Crippen LogP contribution in [0.1, 0.15) is 70.5 Å². The van der Waals surface area contributed by atoms with E-state index in [1.54, 1.807) is 25.4 Å². The molecule has 0 bridgehead atoms. The quantitative estimate of drug-likeness (QED) is 0.0608. The van der Waals surface area contributed by atoms with Crippen molar-refractivity contribution in [2.45, 2.75) is 91.6 Å². The van der Waals surface area contributed by atoms with Crippen LogP contribution in [-0.2, 0) is 17.5 Å². The standard InChI is InChI=1S/C39H51FN6O3Si/c1-27(2)46-37-34(24-32(43-36(37)28(3)44-46)31-14-12-21-42-38(31)40)45(25-29-16-18-30(47-7)19-17-29)26-33-35(15-13-20-41-33)48-22-10-11-23-49-50(8,9)39(4,5)6/h12-21,24,27H,10-11,22-23,25-26H2,1-9H3. The predicted octanol–water partition coefficient (Wildman–Crippen LogP) is 9.31. The first kappa shape index (κ1) is 36.9. The van der Waals surface area contributed by atoms with E-state index in [0.717, 1.165) is 59.1 Å². The van der Waals surface area contributed by atoms with Crippen molar-refractivity contribution >= 4 is 25.0 Å². The van der Waals surface area contributed by atoms with E-state index in [2.05, 4.69) is 69.7 Å². The number of benzene rings is 1. The smallest absolute Gasteiger partial charge is 0.222 e. The van der Waals surface area contributed by atoms with Crippen molar-refractivity contribution in [1.82, 2.24) is 24.7 Å². The number of pyridine rings is 3. The first-order valence-electron chi connectivity index (χ1n) is 17.4. The van der Waals surface area contributed by atoms with Gasteiger partial charge in [0.25, 0.3) is 0 Å². The minimum absolute atomic E-state index is 0.0601. The first-order valence-corrected chi connectivity index (χ1v) is 20.3. The fraction of sp³-hybridized carbons (Fsp3) is 0.436. The number of halogens is 1. The van der Waals surface area contributed by atoms with Gasteiger partial charge < -0.3 is 18.8 Å². The third-order valence-corrected chi connectivity index (χ3v) is 14.0. The van der Waals surface area contributed by atoms with E-state index in [0.29, 0.717) is 36.5 Å². The second-order valence-electron chi connectivity index (χ2n) is 14.5. The Kier molecular flexibility index (Phi) is 11.6. The maximum Gasteiger partial charge on any atom is 0.222 e. The van der Waals surface area contributed by atoms with Crippen molar-refractivity contribution < 1.29 is 18.3 Å². The SMILES string of the molecule is COc1ccc(CN(Cc2ncccc2OCCCCO[Si](C)(C)C(C)(C)C)c2cc(-c3cccnc3F)nc3c(C)nn(C(C)C)c23)cc1. The van der Waals surface area contributed by atoms with Gasteiger partial charge in [-0.15, -0.1) is 0 Å². The Labute approximate surface area is 297 Å². The summed E-state index contributed by atoms with van der Waals surface area (Å²) in [5.41, 5.74) is 5.90. The van der Waals surface area contributed by atoms with Crippen LogP contribution in [0.25, 0.3) is 22.3 Å². The van der Waals surface area contributed by atoms with Gasteiger partial charge >= 0.3 is 0 Å². The van der Waals surface area contributed by atoms with Crippen LogP contribution >= 0.6 is 0 Å². The summed E-state index contributed by atoms with van der Waals surface area (Å²) in [5.74, 6) is 0.940. The minimum Gasteiger partial charge on any atom is -0.497 e. The van der Waals surface area contributed by atoms with Gasteiger partial charge in [0, 0.05) is 31.6 Å². The molecule has 0 amide bonds. The molecule has 0 saturated carbocycles. The molecule has 0 N–H and O–H groups in total. The summed E-state index contributed by atoms with van der Waals surface area (Å²) >= 11 is 0. The maximum atomic E-state index is 15.1. The zero-order chi connectivity index (χ0) is 36.1. The molecule has 50 heavy (non-hydrogen) atoms. The number of aromatic nitrogens is 5. The highest BCUT2D eigenvalue weighted by Crippen LogP contribution is 2.38. The lowest BCUT2D eigenvalue weighted by molar-refractivity contribution is 0.250. The topological polar surface area (TPSA) is 87.4 Å². The number of rotatable bonds is 15. The van der Waals surface area contributed by atoms with Gasteiger partial charge in [-0.25, -0.2) is 9.97 Å². The third-order valence-electron chi connectivity index (χ3n) is 9.45. The molecule has 0 radical (unpaired) electrons. The fourth-order valence-electron chi connectivity index (χ4n) is 5.55. The summed E-state index contributed by atoms with van der Waals surface area (Å²) in [6.45, 7) is 19.7. The molecule has 0 aliphatic heterocycles. The van der Waals surface area contributed by atoms with Gasteiger partial charge in [0.1, 0.15) is 28.2 Å². The summed E-state index contributed by atoms with van der Waals surface area (Å²) in [4.78, 5) is 15.9. The van der Waals surface area contributed by atoms with E-state index >= 15 is 4.39 Å². The lowest BCUT2D eigenvalue weighted by Crippen LogP contribution is -2.41. The Morgan fingerprint density at radius 3 is 2.32 bits per heavy atom. The zero-order valence-electron chi connectivity index (χ0n) is 31.0. The number of nitrogens with zero attached hydrogens (tertiary/aromatic N) is 6. The molecule has 0 aliphatic rings. The third kappa shape index (κ3) is 8.50. The monoisotopic (exact) mass is 698 g/mol. The Balaban J connectivity index is 1.50.